The van der Waals surface area contributed by atoms with E-state index >= 15 is 0 Å². The van der Waals surface area contributed by atoms with Gasteiger partial charge < -0.3 is 4.90 Å². The minimum Gasteiger partial charge on any atom is -0.378 e. The van der Waals surface area contributed by atoms with Crippen LogP contribution < -0.4 is 4.90 Å². The Morgan fingerprint density at radius 2 is 1.85 bits per heavy atom. The van der Waals surface area contributed by atoms with E-state index in [4.69, 9.17) is 0 Å². The Balaban J connectivity index is 3.30. The van der Waals surface area contributed by atoms with Gasteiger partial charge in [0.15, 0.2) is 0 Å². The van der Waals surface area contributed by atoms with Crippen molar-refractivity contribution in [1.82, 2.24) is 0 Å². The number of hydrogen-bond donors (Lipinski definition) is 0. The maximum absolute atomic E-state index is 10.7. The fraction of sp³-hybridized carbons (Fsp3) is 0.364. The first-order chi connectivity index (χ1) is 6.06. The molecule has 0 atom stereocenters. The van der Waals surface area contributed by atoms with Gasteiger partial charge in [0.05, 0.1) is 0 Å². The molecular weight excluding hydrogens is 162 g/mol. The van der Waals surface area contributed by atoms with E-state index in [1.807, 2.05) is 38.9 Å². The lowest BCUT2D eigenvalue weighted by Crippen LogP contribution is -2.09. The lowest BCUT2D eigenvalue weighted by molar-refractivity contribution is 0.112. The third-order valence-electron chi connectivity index (χ3n) is 2.34. The van der Waals surface area contributed by atoms with E-state index in [-0.39, 0.29) is 0 Å². The summed E-state index contributed by atoms with van der Waals surface area (Å²) in [6.07, 6.45) is 0.912. The van der Waals surface area contributed by atoms with Gasteiger partial charge >= 0.3 is 0 Å². The Morgan fingerprint density at radius 1 is 1.23 bits per heavy atom. The summed E-state index contributed by atoms with van der Waals surface area (Å²) >= 11 is 0. The summed E-state index contributed by atoms with van der Waals surface area (Å²) in [6.45, 7) is 3.99. The van der Waals surface area contributed by atoms with Gasteiger partial charge in [-0.25, -0.2) is 0 Å². The molecule has 0 aliphatic rings. The summed E-state index contributed by atoms with van der Waals surface area (Å²) in [7, 11) is 3.94. The van der Waals surface area contributed by atoms with E-state index in [9.17, 15) is 4.79 Å². The number of anilines is 1. The molecular formula is C11H15NO. The maximum atomic E-state index is 10.7. The highest BCUT2D eigenvalue weighted by Crippen LogP contribution is 2.20. The molecule has 2 nitrogen and oxygen atoms in total. The average molecular weight is 177 g/mol. The largest absolute Gasteiger partial charge is 0.378 e. The van der Waals surface area contributed by atoms with Crippen molar-refractivity contribution < 1.29 is 4.79 Å². The number of nitrogens with zero attached hydrogens (tertiary/aromatic N) is 1. The second-order valence-electron chi connectivity index (χ2n) is 3.49. The highest BCUT2D eigenvalue weighted by Gasteiger charge is 2.04. The Bertz CT molecular complexity index is 329. The van der Waals surface area contributed by atoms with E-state index in [1.165, 1.54) is 0 Å². The van der Waals surface area contributed by atoms with E-state index in [0.29, 0.717) is 0 Å². The highest BCUT2D eigenvalue weighted by molar-refractivity contribution is 5.80. The molecule has 0 saturated carbocycles. The van der Waals surface area contributed by atoms with Crippen molar-refractivity contribution in [3.05, 3.63) is 28.8 Å². The summed E-state index contributed by atoms with van der Waals surface area (Å²) in [5.41, 5.74) is 4.09. The van der Waals surface area contributed by atoms with Crippen LogP contribution in [-0.4, -0.2) is 20.4 Å². The molecule has 1 aromatic carbocycles. The molecule has 70 valence electrons. The highest BCUT2D eigenvalue weighted by atomic mass is 16.1. The smallest absolute Gasteiger partial charge is 0.150 e. The second-order valence-corrected chi connectivity index (χ2v) is 3.49. The molecule has 0 fully saturated rings. The van der Waals surface area contributed by atoms with Crippen LogP contribution in [0.25, 0.3) is 0 Å². The number of hydrogen-bond acceptors (Lipinski definition) is 2. The fourth-order valence-corrected chi connectivity index (χ4v) is 1.25. The van der Waals surface area contributed by atoms with Gasteiger partial charge in [0.25, 0.3) is 0 Å². The lowest BCUT2D eigenvalue weighted by Gasteiger charge is -2.15. The topological polar surface area (TPSA) is 20.3 Å². The lowest BCUT2D eigenvalue weighted by atomic mass is 10.0. The van der Waals surface area contributed by atoms with Crippen molar-refractivity contribution in [2.24, 2.45) is 0 Å². The molecule has 0 spiro atoms. The Kier molecular flexibility index (Phi) is 2.71. The summed E-state index contributed by atoms with van der Waals surface area (Å²) in [6, 6.07) is 4.00. The van der Waals surface area contributed by atoms with E-state index in [1.54, 1.807) is 0 Å². The summed E-state index contributed by atoms with van der Waals surface area (Å²) in [5, 5.41) is 0. The first-order valence-corrected chi connectivity index (χ1v) is 4.30. The van der Waals surface area contributed by atoms with Gasteiger partial charge in [-0.1, -0.05) is 0 Å². The number of carbonyl (C=O) groups excluding carboxylic acids is 1. The molecule has 0 aromatic heterocycles. The monoisotopic (exact) mass is 177 g/mol. The number of benzene rings is 1. The molecule has 0 saturated heterocycles. The van der Waals surface area contributed by atoms with Crippen LogP contribution in [-0.2, 0) is 0 Å². The van der Waals surface area contributed by atoms with E-state index < -0.39 is 0 Å². The summed E-state index contributed by atoms with van der Waals surface area (Å²) < 4.78 is 0. The molecule has 0 bridgehead atoms. The van der Waals surface area contributed by atoms with Crippen molar-refractivity contribution >= 4 is 12.0 Å². The first-order valence-electron chi connectivity index (χ1n) is 4.30. The van der Waals surface area contributed by atoms with Gasteiger partial charge in [-0.3, -0.25) is 4.79 Å². The van der Waals surface area contributed by atoms with Gasteiger partial charge in [0.1, 0.15) is 6.29 Å². The van der Waals surface area contributed by atoms with Crippen LogP contribution in [0, 0.1) is 13.8 Å². The van der Waals surface area contributed by atoms with Crippen LogP contribution in [0.5, 0.6) is 0 Å². The quantitative estimate of drug-likeness (QED) is 0.645. The molecule has 0 heterocycles. The van der Waals surface area contributed by atoms with Crippen molar-refractivity contribution in [3.8, 4) is 0 Å². The van der Waals surface area contributed by atoms with Crippen LogP contribution in [0.2, 0.25) is 0 Å². The Labute approximate surface area is 79.2 Å². The van der Waals surface area contributed by atoms with Crippen LogP contribution in [0.3, 0.4) is 0 Å². The third-order valence-corrected chi connectivity index (χ3v) is 2.34. The molecule has 0 unspecified atom stereocenters. The standard InChI is InChI=1S/C11H15NO/c1-8-5-11(12(3)4)6-10(7-13)9(8)2/h5-7H,1-4H3. The minimum atomic E-state index is 0.781. The number of carbonyl (C=O) groups is 1. The Morgan fingerprint density at radius 3 is 2.31 bits per heavy atom. The van der Waals surface area contributed by atoms with Gasteiger partial charge in [-0.05, 0) is 37.1 Å². The van der Waals surface area contributed by atoms with Crippen molar-refractivity contribution in [2.75, 3.05) is 19.0 Å². The molecule has 0 amide bonds. The van der Waals surface area contributed by atoms with Crippen molar-refractivity contribution in [1.29, 1.82) is 0 Å². The van der Waals surface area contributed by atoms with Gasteiger partial charge in [0, 0.05) is 25.3 Å². The Hall–Kier alpha value is -1.31. The molecule has 1 aromatic rings. The molecule has 0 aliphatic carbocycles. The summed E-state index contributed by atoms with van der Waals surface area (Å²) in [5.74, 6) is 0. The third kappa shape index (κ3) is 1.89. The second kappa shape index (κ2) is 3.60. The van der Waals surface area contributed by atoms with Gasteiger partial charge in [0.2, 0.25) is 0 Å². The maximum Gasteiger partial charge on any atom is 0.150 e. The molecule has 0 N–H and O–H groups in total. The van der Waals surface area contributed by atoms with Crippen LogP contribution >= 0.6 is 0 Å². The average Bonchev–Trinajstić information content (AvgIpc) is 2.09. The van der Waals surface area contributed by atoms with Crippen LogP contribution in [0.4, 0.5) is 5.69 Å². The number of aldehydes is 1. The zero-order valence-electron chi connectivity index (χ0n) is 8.59. The fourth-order valence-electron chi connectivity index (χ4n) is 1.25. The predicted octanol–water partition coefficient (Wildman–Crippen LogP) is 2.18. The van der Waals surface area contributed by atoms with Gasteiger partial charge in [-0.15, -0.1) is 0 Å². The SMILES string of the molecule is Cc1cc(N(C)C)cc(C=O)c1C. The van der Waals surface area contributed by atoms with E-state index in [0.717, 1.165) is 28.7 Å². The van der Waals surface area contributed by atoms with E-state index in [2.05, 4.69) is 6.07 Å². The molecule has 0 radical (unpaired) electrons. The van der Waals surface area contributed by atoms with Crippen molar-refractivity contribution in [2.45, 2.75) is 13.8 Å². The normalized spacial score (nSPS) is 9.85. The summed E-state index contributed by atoms with van der Waals surface area (Å²) in [4.78, 5) is 12.7. The molecule has 1 rings (SSSR count). The number of aryl methyl sites for hydroxylation is 1. The molecule has 13 heavy (non-hydrogen) atoms. The number of rotatable bonds is 2. The molecule has 2 heteroatoms. The zero-order chi connectivity index (χ0) is 10.0. The first kappa shape index (κ1) is 9.78. The minimum absolute atomic E-state index is 0.781. The van der Waals surface area contributed by atoms with Crippen LogP contribution in [0.15, 0.2) is 12.1 Å². The molecule has 0 aliphatic heterocycles. The predicted molar refractivity (Wildman–Crippen MR) is 55.6 cm³/mol. The zero-order valence-corrected chi connectivity index (χ0v) is 8.59. The van der Waals surface area contributed by atoms with Gasteiger partial charge in [-0.2, -0.15) is 0 Å². The van der Waals surface area contributed by atoms with Crippen molar-refractivity contribution in [3.63, 3.8) is 0 Å². The van der Waals surface area contributed by atoms with Crippen LogP contribution in [0.1, 0.15) is 21.5 Å².